The second-order valence-corrected chi connectivity index (χ2v) is 7.15. The van der Waals surface area contributed by atoms with E-state index >= 15 is 0 Å². The number of rotatable bonds is 3. The first-order chi connectivity index (χ1) is 7.46. The van der Waals surface area contributed by atoms with E-state index in [4.69, 9.17) is 0 Å². The smallest absolute Gasteiger partial charge is 0.323 e. The van der Waals surface area contributed by atoms with E-state index in [0.717, 1.165) is 6.42 Å². The fraction of sp³-hybridized carbons (Fsp3) is 0.900. The lowest BCUT2D eigenvalue weighted by Crippen LogP contribution is -2.50. The standard InChI is InChI=1S/C10H17NO4S/c12-9(13)10(4-2-5-11-10)7-8-3-1-6-16(8,14)15/h8,11H,1-7H2,(H,12,13). The number of carbonyl (C=O) groups is 1. The van der Waals surface area contributed by atoms with Crippen molar-refractivity contribution < 1.29 is 18.3 Å². The van der Waals surface area contributed by atoms with Gasteiger partial charge in [-0.2, -0.15) is 0 Å². The van der Waals surface area contributed by atoms with Crippen molar-refractivity contribution in [2.75, 3.05) is 12.3 Å². The largest absolute Gasteiger partial charge is 0.480 e. The minimum atomic E-state index is -3.05. The van der Waals surface area contributed by atoms with Crippen LogP contribution < -0.4 is 5.32 Å². The molecule has 2 aliphatic rings. The van der Waals surface area contributed by atoms with Crippen molar-refractivity contribution in [2.24, 2.45) is 0 Å². The van der Waals surface area contributed by atoms with Crippen LogP contribution in [0, 0.1) is 0 Å². The molecule has 16 heavy (non-hydrogen) atoms. The summed E-state index contributed by atoms with van der Waals surface area (Å²) in [7, 11) is -3.05. The first kappa shape index (κ1) is 11.9. The maximum absolute atomic E-state index is 11.7. The molecule has 0 aromatic heterocycles. The van der Waals surface area contributed by atoms with Crippen molar-refractivity contribution in [3.63, 3.8) is 0 Å². The Balaban J connectivity index is 2.16. The third-order valence-electron chi connectivity index (χ3n) is 3.69. The van der Waals surface area contributed by atoms with E-state index in [1.807, 2.05) is 0 Å². The Labute approximate surface area is 95.1 Å². The SMILES string of the molecule is O=C(O)C1(CC2CCCS2(=O)=O)CCCN1. The van der Waals surface area contributed by atoms with Crippen LogP contribution in [0.15, 0.2) is 0 Å². The van der Waals surface area contributed by atoms with Crippen molar-refractivity contribution in [3.8, 4) is 0 Å². The predicted octanol–water partition coefficient (Wildman–Crippen LogP) is 0.161. The summed E-state index contributed by atoms with van der Waals surface area (Å²) >= 11 is 0. The lowest BCUT2D eigenvalue weighted by atomic mass is 9.90. The Bertz CT molecular complexity index is 384. The first-order valence-electron chi connectivity index (χ1n) is 5.66. The van der Waals surface area contributed by atoms with E-state index in [-0.39, 0.29) is 12.2 Å². The maximum atomic E-state index is 11.7. The molecule has 0 saturated carbocycles. The van der Waals surface area contributed by atoms with Crippen molar-refractivity contribution in [1.29, 1.82) is 0 Å². The fourth-order valence-corrected chi connectivity index (χ4v) is 4.69. The molecule has 2 unspecified atom stereocenters. The van der Waals surface area contributed by atoms with Crippen LogP contribution in [0.2, 0.25) is 0 Å². The highest BCUT2D eigenvalue weighted by Crippen LogP contribution is 2.32. The van der Waals surface area contributed by atoms with Gasteiger partial charge in [0, 0.05) is 0 Å². The van der Waals surface area contributed by atoms with Gasteiger partial charge in [0.1, 0.15) is 5.54 Å². The van der Waals surface area contributed by atoms with Crippen LogP contribution in [0.1, 0.15) is 32.1 Å². The van der Waals surface area contributed by atoms with Crippen LogP contribution in [0.25, 0.3) is 0 Å². The maximum Gasteiger partial charge on any atom is 0.323 e. The number of carboxylic acid groups (broad SMARTS) is 1. The summed E-state index contributed by atoms with van der Waals surface area (Å²) in [4.78, 5) is 11.3. The molecule has 2 N–H and O–H groups in total. The Hall–Kier alpha value is -0.620. The van der Waals surface area contributed by atoms with Crippen LogP contribution in [-0.4, -0.2) is 42.6 Å². The van der Waals surface area contributed by atoms with Gasteiger partial charge < -0.3 is 10.4 Å². The van der Waals surface area contributed by atoms with E-state index < -0.39 is 26.6 Å². The van der Waals surface area contributed by atoms with Crippen molar-refractivity contribution in [2.45, 2.75) is 42.9 Å². The average molecular weight is 247 g/mol. The van der Waals surface area contributed by atoms with Gasteiger partial charge in [-0.3, -0.25) is 4.79 Å². The number of sulfone groups is 1. The summed E-state index contributed by atoms with van der Waals surface area (Å²) in [6, 6.07) is 0. The Kier molecular flexibility index (Phi) is 2.96. The summed E-state index contributed by atoms with van der Waals surface area (Å²) in [5.41, 5.74) is -0.998. The molecule has 0 amide bonds. The summed E-state index contributed by atoms with van der Waals surface area (Å²) in [6.45, 7) is 0.666. The topological polar surface area (TPSA) is 83.5 Å². The molecule has 0 spiro atoms. The normalized spacial score (nSPS) is 37.6. The van der Waals surface area contributed by atoms with Crippen LogP contribution in [0.4, 0.5) is 0 Å². The third-order valence-corrected chi connectivity index (χ3v) is 5.97. The summed E-state index contributed by atoms with van der Waals surface area (Å²) in [6.07, 6.45) is 2.85. The molecule has 2 saturated heterocycles. The van der Waals surface area contributed by atoms with Gasteiger partial charge in [-0.25, -0.2) is 8.42 Å². The fourth-order valence-electron chi connectivity index (χ4n) is 2.73. The monoisotopic (exact) mass is 247 g/mol. The highest BCUT2D eigenvalue weighted by atomic mass is 32.2. The summed E-state index contributed by atoms with van der Waals surface area (Å²) in [5.74, 6) is -0.694. The van der Waals surface area contributed by atoms with E-state index in [9.17, 15) is 18.3 Å². The van der Waals surface area contributed by atoms with Crippen molar-refractivity contribution >= 4 is 15.8 Å². The van der Waals surface area contributed by atoms with E-state index in [1.165, 1.54) is 0 Å². The second kappa shape index (κ2) is 4.00. The minimum Gasteiger partial charge on any atom is -0.480 e. The molecule has 0 aliphatic carbocycles. The van der Waals surface area contributed by atoms with E-state index in [1.54, 1.807) is 0 Å². The molecule has 2 rings (SSSR count). The molecule has 2 heterocycles. The Morgan fingerprint density at radius 3 is 2.62 bits per heavy atom. The molecule has 0 radical (unpaired) electrons. The quantitative estimate of drug-likeness (QED) is 0.742. The van der Waals surface area contributed by atoms with E-state index in [0.29, 0.717) is 25.8 Å². The van der Waals surface area contributed by atoms with Gasteiger partial charge in [-0.1, -0.05) is 0 Å². The number of carboxylic acids is 1. The second-order valence-electron chi connectivity index (χ2n) is 4.75. The Morgan fingerprint density at radius 1 is 1.44 bits per heavy atom. The third kappa shape index (κ3) is 1.96. The van der Waals surface area contributed by atoms with Crippen molar-refractivity contribution in [3.05, 3.63) is 0 Å². The molecule has 2 fully saturated rings. The van der Waals surface area contributed by atoms with Gasteiger partial charge in [0.2, 0.25) is 0 Å². The number of aliphatic carboxylic acids is 1. The first-order valence-corrected chi connectivity index (χ1v) is 7.38. The molecule has 2 atom stereocenters. The molecule has 0 aromatic carbocycles. The van der Waals surface area contributed by atoms with Crippen LogP contribution in [-0.2, 0) is 14.6 Å². The van der Waals surface area contributed by atoms with Crippen LogP contribution in [0.5, 0.6) is 0 Å². The minimum absolute atomic E-state index is 0.216. The zero-order chi connectivity index (χ0) is 11.8. The van der Waals surface area contributed by atoms with Gasteiger partial charge in [0.15, 0.2) is 9.84 Å². The molecular weight excluding hydrogens is 230 g/mol. The molecule has 0 bridgehead atoms. The van der Waals surface area contributed by atoms with Crippen LogP contribution >= 0.6 is 0 Å². The summed E-state index contributed by atoms with van der Waals surface area (Å²) < 4.78 is 23.4. The van der Waals surface area contributed by atoms with E-state index in [2.05, 4.69) is 5.32 Å². The molecule has 92 valence electrons. The Morgan fingerprint density at radius 2 is 2.19 bits per heavy atom. The van der Waals surface area contributed by atoms with Crippen LogP contribution in [0.3, 0.4) is 0 Å². The lowest BCUT2D eigenvalue weighted by molar-refractivity contribution is -0.144. The molecule has 5 nitrogen and oxygen atoms in total. The zero-order valence-electron chi connectivity index (χ0n) is 9.11. The molecular formula is C10H17NO4S. The van der Waals surface area contributed by atoms with Gasteiger partial charge in [0.05, 0.1) is 11.0 Å². The number of hydrogen-bond acceptors (Lipinski definition) is 4. The molecule has 6 heteroatoms. The predicted molar refractivity (Wildman–Crippen MR) is 59.0 cm³/mol. The van der Waals surface area contributed by atoms with Gasteiger partial charge in [0.25, 0.3) is 0 Å². The molecule has 0 aromatic rings. The molecule has 2 aliphatic heterocycles. The highest BCUT2D eigenvalue weighted by molar-refractivity contribution is 7.92. The van der Waals surface area contributed by atoms with Crippen molar-refractivity contribution in [1.82, 2.24) is 5.32 Å². The number of nitrogens with one attached hydrogen (secondary N) is 1. The van der Waals surface area contributed by atoms with Gasteiger partial charge in [-0.15, -0.1) is 0 Å². The lowest BCUT2D eigenvalue weighted by Gasteiger charge is -2.27. The summed E-state index contributed by atoms with van der Waals surface area (Å²) in [5, 5.41) is 11.7. The van der Waals surface area contributed by atoms with Gasteiger partial charge in [-0.05, 0) is 38.6 Å². The van der Waals surface area contributed by atoms with Gasteiger partial charge >= 0.3 is 5.97 Å². The number of hydrogen-bond donors (Lipinski definition) is 2. The average Bonchev–Trinajstić information content (AvgIpc) is 2.76. The highest BCUT2D eigenvalue weighted by Gasteiger charge is 2.46. The zero-order valence-corrected chi connectivity index (χ0v) is 9.92.